The number of nitrogens with one attached hydrogen (secondary N) is 3. The van der Waals surface area contributed by atoms with Crippen molar-refractivity contribution in [2.75, 3.05) is 0 Å². The third-order valence-electron chi connectivity index (χ3n) is 4.61. The van der Waals surface area contributed by atoms with E-state index in [0.29, 0.717) is 16.7 Å². The molecule has 0 radical (unpaired) electrons. The first-order chi connectivity index (χ1) is 16.1. The van der Waals surface area contributed by atoms with Crippen LogP contribution >= 0.6 is 0 Å². The molecule has 0 unspecified atom stereocenters. The van der Waals surface area contributed by atoms with Crippen LogP contribution in [0.1, 0.15) is 31.1 Å². The van der Waals surface area contributed by atoms with E-state index in [4.69, 9.17) is 14.2 Å². The topological polar surface area (TPSA) is 115 Å². The van der Waals surface area contributed by atoms with Crippen LogP contribution in [0.25, 0.3) is 0 Å². The highest BCUT2D eigenvalue weighted by Gasteiger charge is 2.34. The molecular formula is C24H21N3O6. The highest BCUT2D eigenvalue weighted by Crippen LogP contribution is 2.10. The number of carbonyl (C=O) groups excluding carboxylic acids is 3. The van der Waals surface area contributed by atoms with Gasteiger partial charge < -0.3 is 14.2 Å². The number of benzene rings is 3. The maximum absolute atomic E-state index is 12.5. The Bertz CT molecular complexity index is 947. The number of hydrogen-bond acceptors (Lipinski definition) is 9. The molecule has 168 valence electrons. The van der Waals surface area contributed by atoms with Crippen LogP contribution in [0.15, 0.2) is 91.0 Å². The molecule has 0 bridgehead atoms. The van der Waals surface area contributed by atoms with Crippen LogP contribution in [0, 0.1) is 0 Å². The standard InChI is InChI=1S/C24H21N3O6/c28-19(16-10-4-1-5-11-16)31-22-25-23(32-20(29)17-12-6-2-7-13-17)27-24(26-22)33-21(30)18-14-8-3-9-15-18/h1-15,22-27H. The molecule has 1 aliphatic rings. The van der Waals surface area contributed by atoms with E-state index >= 15 is 0 Å². The first kappa shape index (κ1) is 22.2. The Balaban J connectivity index is 1.46. The third-order valence-corrected chi connectivity index (χ3v) is 4.61. The molecule has 0 spiro atoms. The van der Waals surface area contributed by atoms with Crippen molar-refractivity contribution in [2.24, 2.45) is 0 Å². The van der Waals surface area contributed by atoms with Crippen molar-refractivity contribution in [3.05, 3.63) is 108 Å². The molecule has 1 heterocycles. The Labute approximate surface area is 189 Å². The van der Waals surface area contributed by atoms with Crippen molar-refractivity contribution in [1.82, 2.24) is 16.0 Å². The molecule has 9 heteroatoms. The maximum Gasteiger partial charge on any atom is 0.340 e. The highest BCUT2D eigenvalue weighted by molar-refractivity contribution is 5.90. The summed E-state index contributed by atoms with van der Waals surface area (Å²) in [5.41, 5.74) is 0.987. The zero-order valence-electron chi connectivity index (χ0n) is 17.3. The van der Waals surface area contributed by atoms with Crippen LogP contribution in [0.3, 0.4) is 0 Å². The lowest BCUT2D eigenvalue weighted by molar-refractivity contribution is -0.116. The molecule has 1 aliphatic heterocycles. The van der Waals surface area contributed by atoms with Gasteiger partial charge >= 0.3 is 17.9 Å². The highest BCUT2D eigenvalue weighted by atomic mass is 16.6. The van der Waals surface area contributed by atoms with Gasteiger partial charge in [-0.05, 0) is 36.4 Å². The molecule has 9 nitrogen and oxygen atoms in total. The molecule has 3 aromatic carbocycles. The largest absolute Gasteiger partial charge is 0.429 e. The van der Waals surface area contributed by atoms with Crippen molar-refractivity contribution in [3.63, 3.8) is 0 Å². The minimum absolute atomic E-state index is 0.329. The summed E-state index contributed by atoms with van der Waals surface area (Å²) in [7, 11) is 0. The van der Waals surface area contributed by atoms with Gasteiger partial charge in [0.05, 0.1) is 16.7 Å². The predicted octanol–water partition coefficient (Wildman–Crippen LogP) is 2.19. The van der Waals surface area contributed by atoms with Gasteiger partial charge in [0.25, 0.3) is 0 Å². The third kappa shape index (κ3) is 6.01. The zero-order chi connectivity index (χ0) is 23.0. The summed E-state index contributed by atoms with van der Waals surface area (Å²) in [6, 6.07) is 25.1. The Morgan fingerprint density at radius 2 is 0.697 bits per heavy atom. The van der Waals surface area contributed by atoms with E-state index in [-0.39, 0.29) is 0 Å². The minimum Gasteiger partial charge on any atom is -0.429 e. The van der Waals surface area contributed by atoms with Crippen molar-refractivity contribution in [2.45, 2.75) is 19.1 Å². The predicted molar refractivity (Wildman–Crippen MR) is 116 cm³/mol. The summed E-state index contributed by atoms with van der Waals surface area (Å²) in [5, 5.41) is 8.39. The van der Waals surface area contributed by atoms with Gasteiger partial charge in [0.1, 0.15) is 0 Å². The molecule has 0 aliphatic carbocycles. The second-order valence-electron chi connectivity index (χ2n) is 6.95. The summed E-state index contributed by atoms with van der Waals surface area (Å²) in [6.07, 6.45) is -3.37. The lowest BCUT2D eigenvalue weighted by atomic mass is 10.2. The van der Waals surface area contributed by atoms with Gasteiger partial charge in [0.2, 0.25) is 19.1 Å². The summed E-state index contributed by atoms with van der Waals surface area (Å²) >= 11 is 0. The second kappa shape index (κ2) is 10.5. The first-order valence-electron chi connectivity index (χ1n) is 10.1. The van der Waals surface area contributed by atoms with E-state index in [0.717, 1.165) is 0 Å². The SMILES string of the molecule is O=C(OC1NC(OC(=O)c2ccccc2)NC(OC(=O)c2ccccc2)N1)c1ccccc1. The molecular weight excluding hydrogens is 426 g/mol. The fraction of sp³-hybridized carbons (Fsp3) is 0.125. The summed E-state index contributed by atoms with van der Waals surface area (Å²) in [5.74, 6) is -1.86. The monoisotopic (exact) mass is 447 g/mol. The number of ether oxygens (including phenoxy) is 3. The van der Waals surface area contributed by atoms with Crippen molar-refractivity contribution >= 4 is 17.9 Å². The number of rotatable bonds is 6. The van der Waals surface area contributed by atoms with Crippen LogP contribution < -0.4 is 16.0 Å². The van der Waals surface area contributed by atoms with Crippen molar-refractivity contribution < 1.29 is 28.6 Å². The molecule has 3 aromatic rings. The lowest BCUT2D eigenvalue weighted by Gasteiger charge is -2.36. The van der Waals surface area contributed by atoms with E-state index in [1.54, 1.807) is 91.0 Å². The Morgan fingerprint density at radius 3 is 0.939 bits per heavy atom. The van der Waals surface area contributed by atoms with Crippen molar-refractivity contribution in [3.8, 4) is 0 Å². The molecule has 33 heavy (non-hydrogen) atoms. The molecule has 0 atom stereocenters. The molecule has 1 fully saturated rings. The van der Waals surface area contributed by atoms with E-state index in [1.165, 1.54) is 0 Å². The lowest BCUT2D eigenvalue weighted by Crippen LogP contribution is -2.70. The summed E-state index contributed by atoms with van der Waals surface area (Å²) in [4.78, 5) is 37.4. The van der Waals surface area contributed by atoms with Gasteiger partial charge in [-0.25, -0.2) is 30.3 Å². The van der Waals surface area contributed by atoms with Gasteiger partial charge in [0, 0.05) is 0 Å². The Hall–Kier alpha value is -4.05. The molecule has 4 rings (SSSR count). The minimum atomic E-state index is -1.12. The van der Waals surface area contributed by atoms with Crippen LogP contribution in [-0.4, -0.2) is 37.0 Å². The van der Waals surface area contributed by atoms with E-state index in [9.17, 15) is 14.4 Å². The quantitative estimate of drug-likeness (QED) is 0.386. The number of esters is 3. The van der Waals surface area contributed by atoms with Crippen molar-refractivity contribution in [1.29, 1.82) is 0 Å². The molecule has 0 amide bonds. The van der Waals surface area contributed by atoms with Gasteiger partial charge in [-0.3, -0.25) is 0 Å². The molecule has 1 saturated heterocycles. The zero-order valence-corrected chi connectivity index (χ0v) is 17.3. The number of hydrogen-bond donors (Lipinski definition) is 3. The fourth-order valence-corrected chi connectivity index (χ4v) is 3.01. The first-order valence-corrected chi connectivity index (χ1v) is 10.1. The van der Waals surface area contributed by atoms with Crippen LogP contribution in [0.5, 0.6) is 0 Å². The fourth-order valence-electron chi connectivity index (χ4n) is 3.01. The Morgan fingerprint density at radius 1 is 0.455 bits per heavy atom. The second-order valence-corrected chi connectivity index (χ2v) is 6.95. The summed E-state index contributed by atoms with van der Waals surface area (Å²) in [6.45, 7) is 0. The van der Waals surface area contributed by atoms with Gasteiger partial charge in [-0.1, -0.05) is 54.6 Å². The van der Waals surface area contributed by atoms with E-state index in [1.807, 2.05) is 0 Å². The van der Waals surface area contributed by atoms with E-state index < -0.39 is 37.0 Å². The van der Waals surface area contributed by atoms with Gasteiger partial charge in [-0.2, -0.15) is 0 Å². The van der Waals surface area contributed by atoms with Crippen LogP contribution in [0.4, 0.5) is 0 Å². The average molecular weight is 447 g/mol. The molecule has 3 N–H and O–H groups in total. The smallest absolute Gasteiger partial charge is 0.340 e. The Kier molecular flexibility index (Phi) is 7.06. The van der Waals surface area contributed by atoms with Crippen LogP contribution in [-0.2, 0) is 14.2 Å². The maximum atomic E-state index is 12.5. The van der Waals surface area contributed by atoms with E-state index in [2.05, 4.69) is 16.0 Å². The molecule has 0 saturated carbocycles. The van der Waals surface area contributed by atoms with Crippen LogP contribution in [0.2, 0.25) is 0 Å². The van der Waals surface area contributed by atoms with Gasteiger partial charge in [-0.15, -0.1) is 0 Å². The molecule has 0 aromatic heterocycles. The average Bonchev–Trinajstić information content (AvgIpc) is 2.85. The normalized spacial score (nSPS) is 19.8. The van der Waals surface area contributed by atoms with Gasteiger partial charge in [0.15, 0.2) is 0 Å². The summed E-state index contributed by atoms with van der Waals surface area (Å²) < 4.78 is 16.3. The number of carbonyl (C=O) groups is 3.